The fourth-order valence-corrected chi connectivity index (χ4v) is 3.37. The monoisotopic (exact) mass is 234 g/mol. The first-order chi connectivity index (χ1) is 7.06. The van der Waals surface area contributed by atoms with Crippen LogP contribution in [0.25, 0.3) is 0 Å². The van der Waals surface area contributed by atoms with Crippen LogP contribution in [0, 0.1) is 5.92 Å². The zero-order valence-electron chi connectivity index (χ0n) is 9.48. The minimum atomic E-state index is -3.06. The van der Waals surface area contributed by atoms with Crippen molar-refractivity contribution >= 4 is 10.0 Å². The van der Waals surface area contributed by atoms with Gasteiger partial charge in [-0.2, -0.15) is 0 Å². The van der Waals surface area contributed by atoms with Gasteiger partial charge in [-0.1, -0.05) is 12.8 Å². The highest BCUT2D eigenvalue weighted by Gasteiger charge is 2.23. The molecule has 1 saturated carbocycles. The van der Waals surface area contributed by atoms with E-state index < -0.39 is 10.0 Å². The lowest BCUT2D eigenvalue weighted by Gasteiger charge is -2.20. The number of nitrogens with two attached hydrogens (primary N) is 1. The van der Waals surface area contributed by atoms with Gasteiger partial charge in [0.1, 0.15) is 0 Å². The fourth-order valence-electron chi connectivity index (χ4n) is 2.09. The van der Waals surface area contributed by atoms with Gasteiger partial charge < -0.3 is 5.73 Å². The van der Waals surface area contributed by atoms with E-state index in [2.05, 4.69) is 0 Å². The van der Waals surface area contributed by atoms with Crippen molar-refractivity contribution < 1.29 is 8.42 Å². The Bertz CT molecular complexity index is 271. The number of nitrogens with zero attached hydrogens (tertiary/aromatic N) is 1. The van der Waals surface area contributed by atoms with Gasteiger partial charge in [-0.15, -0.1) is 0 Å². The molecule has 0 spiro atoms. The molecular weight excluding hydrogens is 212 g/mol. The Labute approximate surface area is 92.9 Å². The molecule has 0 aliphatic heterocycles. The molecule has 4 nitrogen and oxygen atoms in total. The molecule has 0 heterocycles. The van der Waals surface area contributed by atoms with Crippen LogP contribution in [0.2, 0.25) is 0 Å². The average Bonchev–Trinajstić information content (AvgIpc) is 2.67. The molecule has 1 aliphatic carbocycles. The van der Waals surface area contributed by atoms with Crippen molar-refractivity contribution in [3.05, 3.63) is 0 Å². The van der Waals surface area contributed by atoms with E-state index in [1.165, 1.54) is 30.0 Å². The normalized spacial score (nSPS) is 18.9. The van der Waals surface area contributed by atoms with E-state index in [0.717, 1.165) is 0 Å². The van der Waals surface area contributed by atoms with Crippen LogP contribution in [0.4, 0.5) is 0 Å². The minimum Gasteiger partial charge on any atom is -0.330 e. The van der Waals surface area contributed by atoms with Crippen molar-refractivity contribution in [1.29, 1.82) is 0 Å². The van der Waals surface area contributed by atoms with Crippen LogP contribution in [-0.2, 0) is 10.0 Å². The van der Waals surface area contributed by atoms with Crippen LogP contribution in [0.5, 0.6) is 0 Å². The van der Waals surface area contributed by atoms with Gasteiger partial charge in [0, 0.05) is 13.6 Å². The highest BCUT2D eigenvalue weighted by molar-refractivity contribution is 7.89. The Hall–Kier alpha value is -0.130. The van der Waals surface area contributed by atoms with Gasteiger partial charge >= 0.3 is 0 Å². The third-order valence-electron chi connectivity index (χ3n) is 3.07. The number of sulfonamides is 1. The summed E-state index contributed by atoms with van der Waals surface area (Å²) in [4.78, 5) is 0. The molecule has 0 radical (unpaired) electrons. The highest BCUT2D eigenvalue weighted by atomic mass is 32.2. The molecule has 0 aromatic heterocycles. The van der Waals surface area contributed by atoms with Gasteiger partial charge in [0.2, 0.25) is 10.0 Å². The Morgan fingerprint density at radius 2 is 1.93 bits per heavy atom. The van der Waals surface area contributed by atoms with Crippen molar-refractivity contribution in [2.45, 2.75) is 32.1 Å². The Morgan fingerprint density at radius 1 is 1.33 bits per heavy atom. The second-order valence-electron chi connectivity index (χ2n) is 4.39. The molecule has 0 aromatic rings. The second kappa shape index (κ2) is 5.82. The molecule has 0 amide bonds. The Morgan fingerprint density at radius 3 is 2.47 bits per heavy atom. The van der Waals surface area contributed by atoms with Gasteiger partial charge in [0.25, 0.3) is 0 Å². The zero-order valence-corrected chi connectivity index (χ0v) is 10.3. The van der Waals surface area contributed by atoms with Gasteiger partial charge in [0.05, 0.1) is 5.75 Å². The van der Waals surface area contributed by atoms with Crippen LogP contribution in [0.1, 0.15) is 32.1 Å². The summed E-state index contributed by atoms with van der Waals surface area (Å²) in [6.45, 7) is 1.13. The number of rotatable bonds is 6. The third kappa shape index (κ3) is 4.09. The van der Waals surface area contributed by atoms with Crippen molar-refractivity contribution in [2.75, 3.05) is 25.9 Å². The second-order valence-corrected chi connectivity index (χ2v) is 6.58. The predicted molar refractivity (Wildman–Crippen MR) is 62.0 cm³/mol. The van der Waals surface area contributed by atoms with Crippen LogP contribution in [0.15, 0.2) is 0 Å². The lowest BCUT2D eigenvalue weighted by molar-refractivity contribution is 0.387. The third-order valence-corrected chi connectivity index (χ3v) is 4.97. The van der Waals surface area contributed by atoms with Crippen LogP contribution < -0.4 is 5.73 Å². The SMILES string of the molecule is CN(CC1CCCC1)S(=O)(=O)CCCN. The smallest absolute Gasteiger partial charge is 0.213 e. The quantitative estimate of drug-likeness (QED) is 0.739. The summed E-state index contributed by atoms with van der Waals surface area (Å²) < 4.78 is 25.0. The summed E-state index contributed by atoms with van der Waals surface area (Å²) >= 11 is 0. The maximum absolute atomic E-state index is 11.7. The van der Waals surface area contributed by atoms with Crippen molar-refractivity contribution in [2.24, 2.45) is 11.7 Å². The number of hydrogen-bond donors (Lipinski definition) is 1. The Balaban J connectivity index is 2.40. The van der Waals surface area contributed by atoms with Crippen molar-refractivity contribution in [1.82, 2.24) is 4.31 Å². The summed E-state index contributed by atoms with van der Waals surface area (Å²) in [5.74, 6) is 0.759. The largest absolute Gasteiger partial charge is 0.330 e. The van der Waals surface area contributed by atoms with E-state index in [4.69, 9.17) is 5.73 Å². The van der Waals surface area contributed by atoms with E-state index in [-0.39, 0.29) is 5.75 Å². The van der Waals surface area contributed by atoms with E-state index >= 15 is 0 Å². The standard InChI is InChI=1S/C10H22N2O2S/c1-12(9-10-5-2-3-6-10)15(13,14)8-4-7-11/h10H,2-9,11H2,1H3. The topological polar surface area (TPSA) is 63.4 Å². The van der Waals surface area contributed by atoms with Crippen LogP contribution in [-0.4, -0.2) is 38.6 Å². The van der Waals surface area contributed by atoms with Crippen molar-refractivity contribution in [3.8, 4) is 0 Å². The van der Waals surface area contributed by atoms with Gasteiger partial charge in [-0.25, -0.2) is 12.7 Å². The fraction of sp³-hybridized carbons (Fsp3) is 1.00. The molecule has 0 aromatic carbocycles. The molecular formula is C10H22N2O2S. The maximum Gasteiger partial charge on any atom is 0.213 e. The highest BCUT2D eigenvalue weighted by Crippen LogP contribution is 2.25. The lowest BCUT2D eigenvalue weighted by atomic mass is 10.1. The molecule has 0 unspecified atom stereocenters. The van der Waals surface area contributed by atoms with Gasteiger partial charge in [0.15, 0.2) is 0 Å². The molecule has 1 fully saturated rings. The zero-order chi connectivity index (χ0) is 11.3. The van der Waals surface area contributed by atoms with E-state index in [1.807, 2.05) is 0 Å². The summed E-state index contributed by atoms with van der Waals surface area (Å²) in [5.41, 5.74) is 5.32. The first kappa shape index (κ1) is 12.9. The van der Waals surface area contributed by atoms with E-state index in [0.29, 0.717) is 25.4 Å². The number of hydrogen-bond acceptors (Lipinski definition) is 3. The van der Waals surface area contributed by atoms with E-state index in [1.54, 1.807) is 7.05 Å². The molecule has 2 N–H and O–H groups in total. The lowest BCUT2D eigenvalue weighted by Crippen LogP contribution is -2.33. The summed E-state index contributed by atoms with van der Waals surface area (Å²) in [7, 11) is -1.37. The molecule has 1 rings (SSSR count). The molecule has 0 saturated heterocycles. The molecule has 0 atom stereocenters. The minimum absolute atomic E-state index is 0.187. The predicted octanol–water partition coefficient (Wildman–Crippen LogP) is 0.787. The average molecular weight is 234 g/mol. The summed E-state index contributed by atoms with van der Waals surface area (Å²) in [6, 6.07) is 0. The van der Waals surface area contributed by atoms with Crippen LogP contribution >= 0.6 is 0 Å². The molecule has 1 aliphatic rings. The summed E-state index contributed by atoms with van der Waals surface area (Å²) in [5, 5.41) is 0. The first-order valence-electron chi connectivity index (χ1n) is 5.70. The van der Waals surface area contributed by atoms with Crippen LogP contribution in [0.3, 0.4) is 0 Å². The molecule has 15 heavy (non-hydrogen) atoms. The Kier molecular flexibility index (Phi) is 5.02. The summed E-state index contributed by atoms with van der Waals surface area (Å²) in [6.07, 6.45) is 5.41. The van der Waals surface area contributed by atoms with E-state index in [9.17, 15) is 8.42 Å². The maximum atomic E-state index is 11.7. The molecule has 5 heteroatoms. The first-order valence-corrected chi connectivity index (χ1v) is 7.31. The molecule has 90 valence electrons. The van der Waals surface area contributed by atoms with Gasteiger partial charge in [-0.3, -0.25) is 0 Å². The molecule has 0 bridgehead atoms. The van der Waals surface area contributed by atoms with Crippen molar-refractivity contribution in [3.63, 3.8) is 0 Å². The van der Waals surface area contributed by atoms with Gasteiger partial charge in [-0.05, 0) is 31.7 Å².